The fourth-order valence-electron chi connectivity index (χ4n) is 2.44. The molecule has 11 nitrogen and oxygen atoms in total. The summed E-state index contributed by atoms with van der Waals surface area (Å²) < 4.78 is 15.0. The van der Waals surface area contributed by atoms with E-state index in [-0.39, 0.29) is 32.1 Å². The number of Topliss-reactive ketones (excluding diaryl/α,β-unsaturated/α-hetero) is 1. The van der Waals surface area contributed by atoms with Crippen LogP contribution in [0.5, 0.6) is 5.75 Å². The van der Waals surface area contributed by atoms with Crippen molar-refractivity contribution in [3.8, 4) is 5.75 Å². The first-order valence-corrected chi connectivity index (χ1v) is 10.4. The summed E-state index contributed by atoms with van der Waals surface area (Å²) in [7, 11) is 0. The number of hydrogen-bond donors (Lipinski definition) is 3. The van der Waals surface area contributed by atoms with Crippen molar-refractivity contribution in [1.29, 1.82) is 0 Å². The van der Waals surface area contributed by atoms with E-state index in [1.165, 1.54) is 32.9 Å². The van der Waals surface area contributed by atoms with Crippen LogP contribution in [0.3, 0.4) is 0 Å². The number of ether oxygens (including phenoxy) is 3. The van der Waals surface area contributed by atoms with Gasteiger partial charge in [0.2, 0.25) is 11.8 Å². The smallest absolute Gasteiger partial charge is 0.320 e. The van der Waals surface area contributed by atoms with E-state index in [2.05, 4.69) is 21.9 Å². The van der Waals surface area contributed by atoms with Crippen LogP contribution in [0.25, 0.3) is 0 Å². The highest BCUT2D eigenvalue weighted by Crippen LogP contribution is 2.17. The molecule has 0 fully saturated rings. The Balaban J connectivity index is 2.18. The molecule has 3 N–H and O–H groups in total. The molecule has 186 valence electrons. The number of aliphatic hydroxyl groups is 1. The van der Waals surface area contributed by atoms with Crippen LogP contribution in [0.15, 0.2) is 36.6 Å². The molecule has 0 aliphatic carbocycles. The number of esters is 2. The maximum Gasteiger partial charge on any atom is 0.320 e. The maximum absolute atomic E-state index is 12.0. The lowest BCUT2D eigenvalue weighted by atomic mass is 9.97. The van der Waals surface area contributed by atoms with Gasteiger partial charge in [-0.25, -0.2) is 0 Å². The van der Waals surface area contributed by atoms with E-state index in [9.17, 15) is 29.1 Å². The predicted molar refractivity (Wildman–Crippen MR) is 120 cm³/mol. The van der Waals surface area contributed by atoms with Gasteiger partial charge < -0.3 is 30.0 Å². The van der Waals surface area contributed by atoms with E-state index < -0.39 is 48.0 Å². The van der Waals surface area contributed by atoms with Gasteiger partial charge in [0.05, 0.1) is 5.76 Å². The Labute approximate surface area is 197 Å². The van der Waals surface area contributed by atoms with E-state index in [1.807, 2.05) is 0 Å². The Hall–Kier alpha value is -3.73. The highest BCUT2D eigenvalue weighted by Gasteiger charge is 2.25. The van der Waals surface area contributed by atoms with Crippen molar-refractivity contribution in [2.75, 3.05) is 26.3 Å². The molecule has 11 heteroatoms. The molecule has 0 aliphatic rings. The summed E-state index contributed by atoms with van der Waals surface area (Å²) in [4.78, 5) is 58.2. The Morgan fingerprint density at radius 1 is 0.912 bits per heavy atom. The van der Waals surface area contributed by atoms with E-state index in [4.69, 9.17) is 9.47 Å². The lowest BCUT2D eigenvalue weighted by molar-refractivity contribution is -0.147. The van der Waals surface area contributed by atoms with Crippen molar-refractivity contribution in [3.63, 3.8) is 0 Å². The van der Waals surface area contributed by atoms with Crippen molar-refractivity contribution in [3.05, 3.63) is 42.2 Å². The molecule has 0 aliphatic heterocycles. The maximum atomic E-state index is 12.0. The van der Waals surface area contributed by atoms with Crippen LogP contribution in [0.1, 0.15) is 44.0 Å². The number of amides is 2. The second kappa shape index (κ2) is 13.7. The fourth-order valence-corrected chi connectivity index (χ4v) is 2.44. The Kier molecular flexibility index (Phi) is 11.4. The van der Waals surface area contributed by atoms with Gasteiger partial charge in [0.25, 0.3) is 0 Å². The minimum atomic E-state index is -1.47. The van der Waals surface area contributed by atoms with Crippen LogP contribution in [0.2, 0.25) is 0 Å². The first kappa shape index (κ1) is 28.3. The quantitative estimate of drug-likeness (QED) is 0.115. The molecule has 0 unspecified atom stereocenters. The summed E-state index contributed by atoms with van der Waals surface area (Å²) in [5.41, 5.74) is -1.14. The summed E-state index contributed by atoms with van der Waals surface area (Å²) >= 11 is 0. The van der Waals surface area contributed by atoms with E-state index >= 15 is 0 Å². The minimum absolute atomic E-state index is 0.0337. The van der Waals surface area contributed by atoms with E-state index in [0.717, 1.165) is 0 Å². The first-order valence-electron chi connectivity index (χ1n) is 10.4. The van der Waals surface area contributed by atoms with Crippen molar-refractivity contribution >= 4 is 29.5 Å². The second-order valence-electron chi connectivity index (χ2n) is 7.71. The van der Waals surface area contributed by atoms with Crippen molar-refractivity contribution in [2.45, 2.75) is 39.2 Å². The van der Waals surface area contributed by atoms with E-state index in [0.29, 0.717) is 11.3 Å². The van der Waals surface area contributed by atoms with Gasteiger partial charge >= 0.3 is 11.9 Å². The summed E-state index contributed by atoms with van der Waals surface area (Å²) in [6.45, 7) is 7.74. The van der Waals surface area contributed by atoms with Gasteiger partial charge in [-0.1, -0.05) is 6.58 Å². The third-order valence-electron chi connectivity index (χ3n) is 3.95. The molecule has 1 aromatic rings. The van der Waals surface area contributed by atoms with Gasteiger partial charge in [-0.3, -0.25) is 24.0 Å². The van der Waals surface area contributed by atoms with Crippen LogP contribution in [0.4, 0.5) is 0 Å². The number of hydrogen-bond acceptors (Lipinski definition) is 9. The van der Waals surface area contributed by atoms with Gasteiger partial charge in [0, 0.05) is 18.7 Å². The molecular formula is C23H30N2O9. The molecule has 0 radical (unpaired) electrons. The average molecular weight is 478 g/mol. The second-order valence-corrected chi connectivity index (χ2v) is 7.71. The number of rotatable bonds is 14. The highest BCUT2D eigenvalue weighted by molar-refractivity contribution is 6.01. The molecule has 0 aromatic heterocycles. The zero-order valence-electron chi connectivity index (χ0n) is 19.5. The van der Waals surface area contributed by atoms with Gasteiger partial charge in [-0.2, -0.15) is 0 Å². The molecule has 0 saturated heterocycles. The average Bonchev–Trinajstić information content (AvgIpc) is 2.73. The normalized spacial score (nSPS) is 10.6. The summed E-state index contributed by atoms with van der Waals surface area (Å²) in [6, 6.07) is 6.14. The molecule has 2 amide bonds. The zero-order chi connectivity index (χ0) is 25.7. The van der Waals surface area contributed by atoms with Crippen molar-refractivity contribution in [2.24, 2.45) is 0 Å². The van der Waals surface area contributed by atoms with Gasteiger partial charge in [-0.15, -0.1) is 0 Å². The predicted octanol–water partition coefficient (Wildman–Crippen LogP) is 0.652. The van der Waals surface area contributed by atoms with Crippen LogP contribution in [-0.2, 0) is 28.7 Å². The molecule has 0 spiro atoms. The number of ketones is 1. The Morgan fingerprint density at radius 2 is 1.44 bits per heavy atom. The third-order valence-corrected chi connectivity index (χ3v) is 3.95. The van der Waals surface area contributed by atoms with Crippen LogP contribution < -0.4 is 15.4 Å². The van der Waals surface area contributed by atoms with Crippen molar-refractivity contribution in [1.82, 2.24) is 10.6 Å². The SMILES string of the molecule is C=C(C)OC(=O)CC(=O)NCCNC(=O)CC(=O)OCCOc1ccc(C(=O)C(C)(C)O)cc1. The fraction of sp³-hybridized carbons (Fsp3) is 0.435. The molecule has 1 rings (SSSR count). The monoisotopic (exact) mass is 478 g/mol. The minimum Gasteiger partial charge on any atom is -0.490 e. The number of carbonyl (C=O) groups is 5. The third kappa shape index (κ3) is 11.8. The molecule has 1 aromatic carbocycles. The van der Waals surface area contributed by atoms with Crippen molar-refractivity contribution < 1.29 is 43.3 Å². The topological polar surface area (TPSA) is 157 Å². The number of allylic oxidation sites excluding steroid dienone is 1. The number of carbonyl (C=O) groups excluding carboxylic acids is 5. The Morgan fingerprint density at radius 3 is 1.94 bits per heavy atom. The lowest BCUT2D eigenvalue weighted by Crippen LogP contribution is -2.36. The van der Waals surface area contributed by atoms with Crippen LogP contribution in [-0.4, -0.2) is 66.5 Å². The van der Waals surface area contributed by atoms with Crippen LogP contribution >= 0.6 is 0 Å². The molecule has 34 heavy (non-hydrogen) atoms. The molecule has 0 atom stereocenters. The summed E-state index contributed by atoms with van der Waals surface area (Å²) in [5.74, 6) is -2.45. The molecule has 0 saturated carbocycles. The molecular weight excluding hydrogens is 448 g/mol. The summed E-state index contributed by atoms with van der Waals surface area (Å²) in [6.07, 6.45) is -0.981. The van der Waals surface area contributed by atoms with Gasteiger partial charge in [-0.05, 0) is 45.0 Å². The largest absolute Gasteiger partial charge is 0.490 e. The van der Waals surface area contributed by atoms with Crippen LogP contribution in [0, 0.1) is 0 Å². The highest BCUT2D eigenvalue weighted by atomic mass is 16.6. The summed E-state index contributed by atoms with van der Waals surface area (Å²) in [5, 5.41) is 14.6. The number of nitrogens with one attached hydrogen (secondary N) is 2. The first-order chi connectivity index (χ1) is 15.9. The standard InChI is InChI=1S/C23H30N2O9/c1-15(2)34-21(29)14-19(27)25-10-9-24-18(26)13-20(28)33-12-11-32-17-7-5-16(6-8-17)22(30)23(3,4)31/h5-8,31H,1,9-14H2,2-4H3,(H,24,26)(H,25,27). The van der Waals surface area contributed by atoms with Gasteiger partial charge in [0.15, 0.2) is 5.78 Å². The lowest BCUT2D eigenvalue weighted by Gasteiger charge is -2.15. The van der Waals surface area contributed by atoms with E-state index in [1.54, 1.807) is 12.1 Å². The van der Waals surface area contributed by atoms with Gasteiger partial charge in [0.1, 0.15) is 37.4 Å². The number of benzene rings is 1. The molecule has 0 bridgehead atoms. The Bertz CT molecular complexity index is 902. The molecule has 0 heterocycles. The zero-order valence-corrected chi connectivity index (χ0v) is 19.5.